The maximum absolute atomic E-state index is 11.7. The van der Waals surface area contributed by atoms with Crippen molar-refractivity contribution in [2.75, 3.05) is 6.54 Å². The van der Waals surface area contributed by atoms with Crippen molar-refractivity contribution in [1.82, 2.24) is 5.32 Å². The van der Waals surface area contributed by atoms with Crippen LogP contribution in [-0.4, -0.2) is 28.8 Å². The van der Waals surface area contributed by atoms with Gasteiger partial charge >= 0.3 is 0 Å². The molecule has 100 valence electrons. The molecule has 0 aliphatic rings. The smallest absolute Gasteiger partial charge is 0.251 e. The van der Waals surface area contributed by atoms with Crippen molar-refractivity contribution in [1.29, 1.82) is 0 Å². The monoisotopic (exact) mass is 315 g/mol. The normalized spacial score (nSPS) is 12.5. The summed E-state index contributed by atoms with van der Waals surface area (Å²) in [6.07, 6.45) is 0.106. The quantitative estimate of drug-likeness (QED) is 0.781. The molecule has 5 heteroatoms. The summed E-state index contributed by atoms with van der Waals surface area (Å²) in [6.45, 7) is 4.27. The molecule has 0 saturated carbocycles. The van der Waals surface area contributed by atoms with Gasteiger partial charge in [-0.25, -0.2) is 0 Å². The molecule has 0 heterocycles. The van der Waals surface area contributed by atoms with Crippen LogP contribution in [0.3, 0.4) is 0 Å². The summed E-state index contributed by atoms with van der Waals surface area (Å²) >= 11 is 3.15. The molecule has 1 aromatic carbocycles. The zero-order chi connectivity index (χ0) is 13.7. The molecule has 18 heavy (non-hydrogen) atoms. The third-order valence-corrected chi connectivity index (χ3v) is 3.37. The minimum atomic E-state index is -0.413. The van der Waals surface area contributed by atoms with E-state index in [1.54, 1.807) is 12.1 Å². The topological polar surface area (TPSA) is 69.6 Å². The summed E-state index contributed by atoms with van der Waals surface area (Å²) in [5, 5.41) is 21.8. The van der Waals surface area contributed by atoms with Crippen molar-refractivity contribution >= 4 is 21.8 Å². The number of carbonyl (C=O) groups is 1. The van der Waals surface area contributed by atoms with Gasteiger partial charge in [0.15, 0.2) is 0 Å². The molecule has 0 saturated heterocycles. The summed E-state index contributed by atoms with van der Waals surface area (Å²) in [7, 11) is 0. The van der Waals surface area contributed by atoms with Gasteiger partial charge in [-0.15, -0.1) is 0 Å². The van der Waals surface area contributed by atoms with E-state index in [4.69, 9.17) is 0 Å². The number of aliphatic hydroxyl groups is 1. The minimum absolute atomic E-state index is 0.0323. The molecule has 1 rings (SSSR count). The van der Waals surface area contributed by atoms with Crippen LogP contribution in [-0.2, 0) is 0 Å². The average molecular weight is 316 g/mol. The van der Waals surface area contributed by atoms with Crippen LogP contribution in [0.25, 0.3) is 0 Å². The lowest BCUT2D eigenvalue weighted by Crippen LogP contribution is -2.28. The number of phenols is 1. The van der Waals surface area contributed by atoms with E-state index in [9.17, 15) is 15.0 Å². The first-order chi connectivity index (χ1) is 8.41. The molecule has 1 aromatic rings. The van der Waals surface area contributed by atoms with E-state index in [1.807, 2.05) is 13.8 Å². The molecule has 1 unspecified atom stereocenters. The first-order valence-electron chi connectivity index (χ1n) is 5.86. The van der Waals surface area contributed by atoms with Gasteiger partial charge < -0.3 is 15.5 Å². The Morgan fingerprint density at radius 3 is 2.67 bits per heavy atom. The van der Waals surface area contributed by atoms with Crippen molar-refractivity contribution in [2.24, 2.45) is 5.92 Å². The highest BCUT2D eigenvalue weighted by atomic mass is 79.9. The van der Waals surface area contributed by atoms with E-state index in [0.717, 1.165) is 0 Å². The van der Waals surface area contributed by atoms with Crippen molar-refractivity contribution < 1.29 is 15.0 Å². The van der Waals surface area contributed by atoms with Crippen LogP contribution in [0.2, 0.25) is 0 Å². The summed E-state index contributed by atoms with van der Waals surface area (Å²) < 4.78 is 0.550. The Morgan fingerprint density at radius 2 is 2.11 bits per heavy atom. The number of nitrogens with one attached hydrogen (secondary N) is 1. The average Bonchev–Trinajstić information content (AvgIpc) is 2.32. The number of benzene rings is 1. The summed E-state index contributed by atoms with van der Waals surface area (Å²) in [4.78, 5) is 11.7. The number of phenolic OH excluding ortho intramolecular Hbond substituents is 1. The molecule has 0 bridgehead atoms. The fourth-order valence-corrected chi connectivity index (χ4v) is 1.67. The Balaban J connectivity index is 2.48. The molecule has 0 aliphatic carbocycles. The second-order valence-electron chi connectivity index (χ2n) is 4.52. The highest BCUT2D eigenvalue weighted by molar-refractivity contribution is 9.10. The zero-order valence-corrected chi connectivity index (χ0v) is 12.1. The van der Waals surface area contributed by atoms with Gasteiger partial charge in [0, 0.05) is 12.1 Å². The lowest BCUT2D eigenvalue weighted by atomic mass is 10.0. The van der Waals surface area contributed by atoms with Gasteiger partial charge in [0.25, 0.3) is 5.91 Å². The lowest BCUT2D eigenvalue weighted by Gasteiger charge is -2.14. The number of hydrogen-bond acceptors (Lipinski definition) is 3. The second-order valence-corrected chi connectivity index (χ2v) is 5.38. The Morgan fingerprint density at radius 1 is 1.44 bits per heavy atom. The maximum atomic E-state index is 11.7. The van der Waals surface area contributed by atoms with E-state index in [-0.39, 0.29) is 17.6 Å². The van der Waals surface area contributed by atoms with Crippen LogP contribution in [0.5, 0.6) is 5.75 Å². The van der Waals surface area contributed by atoms with Crippen LogP contribution in [0.4, 0.5) is 0 Å². The Labute approximate surface area is 115 Å². The van der Waals surface area contributed by atoms with Gasteiger partial charge in [-0.05, 0) is 46.5 Å². The first kappa shape index (κ1) is 15.0. The zero-order valence-electron chi connectivity index (χ0n) is 10.5. The fourth-order valence-electron chi connectivity index (χ4n) is 1.42. The number of hydrogen-bond donors (Lipinski definition) is 3. The third kappa shape index (κ3) is 4.31. The van der Waals surface area contributed by atoms with Gasteiger partial charge in [-0.3, -0.25) is 4.79 Å². The van der Waals surface area contributed by atoms with Crippen molar-refractivity contribution in [3.05, 3.63) is 28.2 Å². The van der Waals surface area contributed by atoms with Gasteiger partial charge in [-0.2, -0.15) is 0 Å². The van der Waals surface area contributed by atoms with E-state index >= 15 is 0 Å². The van der Waals surface area contributed by atoms with Crippen molar-refractivity contribution in [3.63, 3.8) is 0 Å². The number of carbonyl (C=O) groups excluding carboxylic acids is 1. The Bertz CT molecular complexity index is 421. The first-order valence-corrected chi connectivity index (χ1v) is 6.66. The lowest BCUT2D eigenvalue weighted by molar-refractivity contribution is 0.0920. The van der Waals surface area contributed by atoms with E-state index in [2.05, 4.69) is 21.2 Å². The minimum Gasteiger partial charge on any atom is -0.507 e. The number of rotatable bonds is 5. The van der Waals surface area contributed by atoms with Gasteiger partial charge in [0.2, 0.25) is 0 Å². The number of aromatic hydroxyl groups is 1. The van der Waals surface area contributed by atoms with Crippen LogP contribution in [0, 0.1) is 5.92 Å². The van der Waals surface area contributed by atoms with E-state index < -0.39 is 6.10 Å². The molecule has 0 spiro atoms. The van der Waals surface area contributed by atoms with E-state index in [1.165, 1.54) is 6.07 Å². The molecule has 1 atom stereocenters. The molecule has 0 aliphatic heterocycles. The Hall–Kier alpha value is -1.07. The largest absolute Gasteiger partial charge is 0.507 e. The predicted molar refractivity (Wildman–Crippen MR) is 73.6 cm³/mol. The fraction of sp³-hybridized carbons (Fsp3) is 0.462. The van der Waals surface area contributed by atoms with E-state index in [0.29, 0.717) is 23.0 Å². The van der Waals surface area contributed by atoms with Gasteiger partial charge in [-0.1, -0.05) is 13.8 Å². The van der Waals surface area contributed by atoms with Crippen LogP contribution < -0.4 is 5.32 Å². The third-order valence-electron chi connectivity index (χ3n) is 2.70. The molecule has 0 aromatic heterocycles. The Kier molecular flexibility index (Phi) is 5.62. The predicted octanol–water partition coefficient (Wildman–Crippen LogP) is 2.29. The molecule has 0 radical (unpaired) electrons. The van der Waals surface area contributed by atoms with Crippen LogP contribution >= 0.6 is 15.9 Å². The number of halogens is 1. The SMILES string of the molecule is CC(C)C(O)CCNC(=O)c1ccc(Br)c(O)c1. The van der Waals surface area contributed by atoms with Gasteiger partial charge in [0.05, 0.1) is 10.6 Å². The molecule has 0 fully saturated rings. The summed E-state index contributed by atoms with van der Waals surface area (Å²) in [5.41, 5.74) is 0.398. The highest BCUT2D eigenvalue weighted by Crippen LogP contribution is 2.24. The van der Waals surface area contributed by atoms with Crippen LogP contribution in [0.1, 0.15) is 30.6 Å². The van der Waals surface area contributed by atoms with Crippen molar-refractivity contribution in [2.45, 2.75) is 26.4 Å². The van der Waals surface area contributed by atoms with Crippen molar-refractivity contribution in [3.8, 4) is 5.75 Å². The number of aliphatic hydroxyl groups excluding tert-OH is 1. The highest BCUT2D eigenvalue weighted by Gasteiger charge is 2.11. The molecule has 4 nitrogen and oxygen atoms in total. The molecule has 1 amide bonds. The van der Waals surface area contributed by atoms with Crippen LogP contribution in [0.15, 0.2) is 22.7 Å². The molecule has 3 N–H and O–H groups in total. The summed E-state index contributed by atoms with van der Waals surface area (Å²) in [6, 6.07) is 4.64. The maximum Gasteiger partial charge on any atom is 0.251 e. The molecular formula is C13H18BrNO3. The molecular weight excluding hydrogens is 298 g/mol. The van der Waals surface area contributed by atoms with Gasteiger partial charge in [0.1, 0.15) is 5.75 Å². The second kappa shape index (κ2) is 6.75. The number of amides is 1. The summed E-state index contributed by atoms with van der Waals surface area (Å²) in [5.74, 6) is -0.0442. The standard InChI is InChI=1S/C13H18BrNO3/c1-8(2)11(16)5-6-15-13(18)9-3-4-10(14)12(17)7-9/h3-4,7-8,11,16-17H,5-6H2,1-2H3,(H,15,18).